The number of rotatable bonds is 18. The first kappa shape index (κ1) is 25.5. The van der Waals surface area contributed by atoms with Gasteiger partial charge in [0.1, 0.15) is 11.3 Å². The molecule has 0 aliphatic rings. The summed E-state index contributed by atoms with van der Waals surface area (Å²) in [4.78, 5) is 12.1. The second-order valence-corrected chi connectivity index (χ2v) is 8.19. The molecule has 0 heterocycles. The molecule has 1 aromatic rings. The van der Waals surface area contributed by atoms with E-state index in [1.807, 2.05) is 18.2 Å². The lowest BCUT2D eigenvalue weighted by Gasteiger charge is -2.12. The number of esters is 1. The molecular formula is C26H44O3. The van der Waals surface area contributed by atoms with Crippen LogP contribution in [0.2, 0.25) is 0 Å². The molecule has 0 aliphatic carbocycles. The molecule has 0 N–H and O–H groups in total. The number of carbonyl (C=O) groups excluding carboxylic acids is 1. The van der Waals surface area contributed by atoms with Crippen LogP contribution in [0.1, 0.15) is 119 Å². The average Bonchev–Trinajstić information content (AvgIpc) is 2.75. The zero-order valence-electron chi connectivity index (χ0n) is 19.3. The van der Waals surface area contributed by atoms with Gasteiger partial charge < -0.3 is 9.47 Å². The standard InChI is InChI=1S/C26H44O3/c1-4-5-6-7-8-9-10-11-12-13-14-15-16-17-18-20-23-21-19-22-24(28-2)25(23)26(27)29-3/h19,21-22H,4-18,20H2,1-3H3. The van der Waals surface area contributed by atoms with Gasteiger partial charge in [0.05, 0.1) is 14.2 Å². The van der Waals surface area contributed by atoms with Crippen LogP contribution >= 0.6 is 0 Å². The van der Waals surface area contributed by atoms with E-state index in [4.69, 9.17) is 9.47 Å². The van der Waals surface area contributed by atoms with Crippen LogP contribution in [0.15, 0.2) is 18.2 Å². The molecule has 0 saturated heterocycles. The fraction of sp³-hybridized carbons (Fsp3) is 0.731. The quantitative estimate of drug-likeness (QED) is 0.184. The molecule has 166 valence electrons. The van der Waals surface area contributed by atoms with E-state index in [2.05, 4.69) is 6.92 Å². The molecule has 29 heavy (non-hydrogen) atoms. The van der Waals surface area contributed by atoms with Crippen LogP contribution in [-0.4, -0.2) is 20.2 Å². The highest BCUT2D eigenvalue weighted by molar-refractivity contribution is 5.94. The van der Waals surface area contributed by atoms with Crippen LogP contribution in [0, 0.1) is 0 Å². The summed E-state index contributed by atoms with van der Waals surface area (Å²) in [6.07, 6.45) is 21.3. The lowest BCUT2D eigenvalue weighted by Crippen LogP contribution is -2.08. The fourth-order valence-electron chi connectivity index (χ4n) is 3.98. The van der Waals surface area contributed by atoms with E-state index in [0.29, 0.717) is 11.3 Å². The van der Waals surface area contributed by atoms with E-state index >= 15 is 0 Å². The number of hydrogen-bond donors (Lipinski definition) is 0. The number of ether oxygens (including phenoxy) is 2. The Labute approximate surface area is 179 Å². The molecule has 0 aromatic heterocycles. The van der Waals surface area contributed by atoms with Crippen molar-refractivity contribution in [3.8, 4) is 5.75 Å². The summed E-state index contributed by atoms with van der Waals surface area (Å²) in [6, 6.07) is 5.78. The molecule has 0 spiro atoms. The van der Waals surface area contributed by atoms with Gasteiger partial charge in [-0.2, -0.15) is 0 Å². The van der Waals surface area contributed by atoms with Crippen molar-refractivity contribution in [3.05, 3.63) is 29.3 Å². The topological polar surface area (TPSA) is 35.5 Å². The molecule has 0 radical (unpaired) electrons. The number of benzene rings is 1. The number of hydrogen-bond acceptors (Lipinski definition) is 3. The van der Waals surface area contributed by atoms with Crippen molar-refractivity contribution in [3.63, 3.8) is 0 Å². The van der Waals surface area contributed by atoms with Crippen LogP contribution < -0.4 is 4.74 Å². The summed E-state index contributed by atoms with van der Waals surface area (Å²) in [5.74, 6) is 0.300. The molecule has 3 nitrogen and oxygen atoms in total. The Balaban J connectivity index is 2.05. The van der Waals surface area contributed by atoms with E-state index in [1.165, 1.54) is 97.0 Å². The van der Waals surface area contributed by atoms with Crippen LogP contribution in [0.3, 0.4) is 0 Å². The molecule has 0 amide bonds. The zero-order chi connectivity index (χ0) is 21.2. The Kier molecular flexibility index (Phi) is 15.3. The van der Waals surface area contributed by atoms with Gasteiger partial charge in [0, 0.05) is 0 Å². The molecule has 0 atom stereocenters. The van der Waals surface area contributed by atoms with Crippen LogP contribution in [0.5, 0.6) is 5.75 Å². The highest BCUT2D eigenvalue weighted by Crippen LogP contribution is 2.25. The minimum Gasteiger partial charge on any atom is -0.496 e. The Morgan fingerprint density at radius 1 is 0.724 bits per heavy atom. The molecule has 0 saturated carbocycles. The third kappa shape index (κ3) is 11.3. The lowest BCUT2D eigenvalue weighted by atomic mass is 9.99. The molecule has 3 heteroatoms. The Bertz CT molecular complexity index is 539. The first-order valence-corrected chi connectivity index (χ1v) is 12.0. The van der Waals surface area contributed by atoms with Crippen molar-refractivity contribution >= 4 is 5.97 Å². The molecule has 0 bridgehead atoms. The predicted molar refractivity (Wildman–Crippen MR) is 123 cm³/mol. The maximum atomic E-state index is 12.1. The SMILES string of the molecule is CCCCCCCCCCCCCCCCCc1cccc(OC)c1C(=O)OC. The molecule has 0 fully saturated rings. The predicted octanol–water partition coefficient (Wildman–Crippen LogP) is 7.90. The molecule has 0 aliphatic heterocycles. The van der Waals surface area contributed by atoms with Crippen LogP contribution in [0.25, 0.3) is 0 Å². The van der Waals surface area contributed by atoms with E-state index in [9.17, 15) is 4.79 Å². The molecule has 1 rings (SSSR count). The normalized spacial score (nSPS) is 10.9. The van der Waals surface area contributed by atoms with Crippen LogP contribution in [-0.2, 0) is 11.2 Å². The lowest BCUT2D eigenvalue weighted by molar-refractivity contribution is 0.0595. The van der Waals surface area contributed by atoms with Gasteiger partial charge in [-0.05, 0) is 24.5 Å². The van der Waals surface area contributed by atoms with E-state index in [1.54, 1.807) is 7.11 Å². The first-order chi connectivity index (χ1) is 14.2. The molecule has 0 unspecified atom stereocenters. The number of unbranched alkanes of at least 4 members (excludes halogenated alkanes) is 14. The van der Waals surface area contributed by atoms with Gasteiger partial charge in [-0.15, -0.1) is 0 Å². The van der Waals surface area contributed by atoms with Crippen molar-refractivity contribution in [2.75, 3.05) is 14.2 Å². The van der Waals surface area contributed by atoms with Gasteiger partial charge in [-0.25, -0.2) is 4.79 Å². The highest BCUT2D eigenvalue weighted by Gasteiger charge is 2.17. The largest absolute Gasteiger partial charge is 0.496 e. The minimum absolute atomic E-state index is 0.307. The van der Waals surface area contributed by atoms with Crippen molar-refractivity contribution in [1.82, 2.24) is 0 Å². The Morgan fingerprint density at radius 2 is 1.21 bits per heavy atom. The minimum atomic E-state index is -0.307. The Hall–Kier alpha value is -1.51. The van der Waals surface area contributed by atoms with Gasteiger partial charge >= 0.3 is 5.97 Å². The van der Waals surface area contributed by atoms with Crippen molar-refractivity contribution in [1.29, 1.82) is 0 Å². The molecular weight excluding hydrogens is 360 g/mol. The second kappa shape index (κ2) is 17.4. The Morgan fingerprint density at radius 3 is 1.66 bits per heavy atom. The summed E-state index contributed by atoms with van der Waals surface area (Å²) in [5, 5.41) is 0. The number of carbonyl (C=O) groups is 1. The first-order valence-electron chi connectivity index (χ1n) is 12.0. The third-order valence-electron chi connectivity index (χ3n) is 5.77. The summed E-state index contributed by atoms with van der Waals surface area (Å²) in [7, 11) is 3.02. The van der Waals surface area contributed by atoms with Crippen molar-refractivity contribution in [2.45, 2.75) is 110 Å². The van der Waals surface area contributed by atoms with Gasteiger partial charge in [-0.1, -0.05) is 109 Å². The van der Waals surface area contributed by atoms with Gasteiger partial charge in [0.15, 0.2) is 0 Å². The highest BCUT2D eigenvalue weighted by atomic mass is 16.5. The monoisotopic (exact) mass is 404 g/mol. The number of aryl methyl sites for hydroxylation is 1. The summed E-state index contributed by atoms with van der Waals surface area (Å²) >= 11 is 0. The van der Waals surface area contributed by atoms with Gasteiger partial charge in [0.2, 0.25) is 0 Å². The zero-order valence-corrected chi connectivity index (χ0v) is 19.3. The molecule has 1 aromatic carbocycles. The van der Waals surface area contributed by atoms with Crippen molar-refractivity contribution < 1.29 is 14.3 Å². The van der Waals surface area contributed by atoms with E-state index < -0.39 is 0 Å². The average molecular weight is 405 g/mol. The van der Waals surface area contributed by atoms with E-state index in [0.717, 1.165) is 18.4 Å². The fourth-order valence-corrected chi connectivity index (χ4v) is 3.98. The summed E-state index contributed by atoms with van der Waals surface area (Å²) < 4.78 is 10.3. The summed E-state index contributed by atoms with van der Waals surface area (Å²) in [5.41, 5.74) is 1.62. The van der Waals surface area contributed by atoms with Crippen molar-refractivity contribution in [2.24, 2.45) is 0 Å². The van der Waals surface area contributed by atoms with E-state index in [-0.39, 0.29) is 5.97 Å². The maximum Gasteiger partial charge on any atom is 0.341 e. The summed E-state index contributed by atoms with van der Waals surface area (Å²) in [6.45, 7) is 2.28. The van der Waals surface area contributed by atoms with Gasteiger partial charge in [-0.3, -0.25) is 0 Å². The second-order valence-electron chi connectivity index (χ2n) is 8.19. The maximum absolute atomic E-state index is 12.1. The van der Waals surface area contributed by atoms with Gasteiger partial charge in [0.25, 0.3) is 0 Å². The number of methoxy groups -OCH3 is 2. The third-order valence-corrected chi connectivity index (χ3v) is 5.77. The smallest absolute Gasteiger partial charge is 0.341 e. The van der Waals surface area contributed by atoms with Crippen LogP contribution in [0.4, 0.5) is 0 Å².